The Morgan fingerprint density at radius 2 is 2.45 bits per heavy atom. The Balaban J connectivity index is 2.48. The van der Waals surface area contributed by atoms with E-state index in [0.717, 1.165) is 17.8 Å². The molecular weight excluding hydrogens is 188 g/mol. The number of hydrogen-bond acceptors (Lipinski definition) is 6. The second kappa shape index (κ2) is 3.24. The van der Waals surface area contributed by atoms with Crippen LogP contribution in [0.25, 0.3) is 0 Å². The number of rotatable bonds is 3. The fraction of sp³-hybridized carbons (Fsp3) is 0.500. The highest BCUT2D eigenvalue weighted by molar-refractivity contribution is 7.85. The minimum absolute atomic E-state index is 0.0243. The van der Waals surface area contributed by atoms with Crippen LogP contribution in [-0.2, 0) is 20.9 Å². The molecule has 0 bridgehead atoms. The van der Waals surface area contributed by atoms with E-state index in [1.165, 1.54) is 6.33 Å². The van der Waals surface area contributed by atoms with Gasteiger partial charge in [-0.3, -0.25) is 4.18 Å². The highest BCUT2D eigenvalue weighted by Gasteiger charge is 2.03. The lowest BCUT2D eigenvalue weighted by Gasteiger charge is -1.94. The van der Waals surface area contributed by atoms with Crippen LogP contribution in [0.3, 0.4) is 0 Å². The molecule has 0 fully saturated rings. The van der Waals surface area contributed by atoms with Gasteiger partial charge in [-0.05, 0) is 11.5 Å². The summed E-state index contributed by atoms with van der Waals surface area (Å²) in [5, 5.41) is 0.551. The monoisotopic (exact) mass is 194 g/mol. The predicted octanol–water partition coefficient (Wildman–Crippen LogP) is 0.0143. The first-order valence-corrected chi connectivity index (χ1v) is 5.27. The summed E-state index contributed by atoms with van der Waals surface area (Å²) in [4.78, 5) is 3.74. The maximum atomic E-state index is 10.5. The molecule has 0 amide bonds. The van der Waals surface area contributed by atoms with Crippen LogP contribution in [-0.4, -0.2) is 24.0 Å². The van der Waals surface area contributed by atoms with E-state index in [9.17, 15) is 8.42 Å². The fourth-order valence-corrected chi connectivity index (χ4v) is 1.24. The molecule has 1 aromatic rings. The molecule has 0 aliphatic carbocycles. The van der Waals surface area contributed by atoms with Crippen LogP contribution >= 0.6 is 11.5 Å². The zero-order valence-electron chi connectivity index (χ0n) is 5.72. The van der Waals surface area contributed by atoms with Gasteiger partial charge in [0.1, 0.15) is 17.9 Å². The van der Waals surface area contributed by atoms with Crippen molar-refractivity contribution >= 4 is 21.7 Å². The highest BCUT2D eigenvalue weighted by Crippen LogP contribution is 2.03. The lowest BCUT2D eigenvalue weighted by molar-refractivity contribution is 0.311. The van der Waals surface area contributed by atoms with Crippen molar-refractivity contribution in [3.63, 3.8) is 0 Å². The van der Waals surface area contributed by atoms with Crippen molar-refractivity contribution in [2.24, 2.45) is 0 Å². The minimum Gasteiger partial charge on any atom is -0.263 e. The average Bonchev–Trinajstić information content (AvgIpc) is 2.32. The van der Waals surface area contributed by atoms with Crippen molar-refractivity contribution in [3.8, 4) is 0 Å². The van der Waals surface area contributed by atoms with Gasteiger partial charge >= 0.3 is 0 Å². The van der Waals surface area contributed by atoms with E-state index in [1.54, 1.807) is 0 Å². The van der Waals surface area contributed by atoms with E-state index in [0.29, 0.717) is 5.01 Å². The Labute approximate surface area is 68.3 Å². The van der Waals surface area contributed by atoms with Gasteiger partial charge in [0.15, 0.2) is 0 Å². The highest BCUT2D eigenvalue weighted by atomic mass is 32.2. The molecule has 0 radical (unpaired) electrons. The first-order valence-electron chi connectivity index (χ1n) is 2.68. The van der Waals surface area contributed by atoms with Crippen LogP contribution in [0.15, 0.2) is 6.33 Å². The summed E-state index contributed by atoms with van der Waals surface area (Å²) in [7, 11) is -3.36. The van der Waals surface area contributed by atoms with Crippen molar-refractivity contribution < 1.29 is 12.6 Å². The summed E-state index contributed by atoms with van der Waals surface area (Å²) in [6.45, 7) is -0.0243. The summed E-state index contributed by atoms with van der Waals surface area (Å²) < 4.78 is 29.1. The van der Waals surface area contributed by atoms with E-state index in [1.807, 2.05) is 0 Å². The van der Waals surface area contributed by atoms with Crippen LogP contribution in [0.2, 0.25) is 0 Å². The van der Waals surface area contributed by atoms with Gasteiger partial charge in [-0.2, -0.15) is 12.8 Å². The quantitative estimate of drug-likeness (QED) is 0.634. The lowest BCUT2D eigenvalue weighted by Crippen LogP contribution is -2.01. The van der Waals surface area contributed by atoms with Gasteiger partial charge in [0.05, 0.1) is 6.26 Å². The minimum atomic E-state index is -3.36. The average molecular weight is 194 g/mol. The van der Waals surface area contributed by atoms with Gasteiger partial charge in [0.25, 0.3) is 10.1 Å². The van der Waals surface area contributed by atoms with Gasteiger partial charge in [0, 0.05) is 0 Å². The molecule has 0 N–H and O–H groups in total. The van der Waals surface area contributed by atoms with Gasteiger partial charge in [-0.15, -0.1) is 0 Å². The van der Waals surface area contributed by atoms with E-state index in [2.05, 4.69) is 13.5 Å². The molecule has 0 aromatic carbocycles. The molecule has 11 heavy (non-hydrogen) atoms. The first kappa shape index (κ1) is 8.57. The van der Waals surface area contributed by atoms with Crippen LogP contribution < -0.4 is 0 Å². The largest absolute Gasteiger partial charge is 0.264 e. The van der Waals surface area contributed by atoms with Crippen LogP contribution in [0, 0.1) is 0 Å². The van der Waals surface area contributed by atoms with Crippen molar-refractivity contribution in [3.05, 3.63) is 11.3 Å². The number of nitrogens with zero attached hydrogens (tertiary/aromatic N) is 2. The summed E-state index contributed by atoms with van der Waals surface area (Å²) in [5.74, 6) is 0. The Morgan fingerprint density at radius 1 is 1.73 bits per heavy atom. The summed E-state index contributed by atoms with van der Waals surface area (Å²) in [6, 6.07) is 0. The second-order valence-electron chi connectivity index (χ2n) is 1.80. The Bertz CT molecular complexity index is 304. The van der Waals surface area contributed by atoms with Crippen LogP contribution in [0.4, 0.5) is 0 Å². The smallest absolute Gasteiger partial charge is 0.263 e. The fourth-order valence-electron chi connectivity index (χ4n) is 0.417. The zero-order valence-corrected chi connectivity index (χ0v) is 7.35. The van der Waals surface area contributed by atoms with Crippen molar-refractivity contribution in [1.82, 2.24) is 9.36 Å². The molecule has 0 aliphatic heterocycles. The molecule has 62 valence electrons. The third-order valence-corrected chi connectivity index (χ3v) is 1.98. The Hall–Kier alpha value is -0.530. The molecule has 5 nitrogen and oxygen atoms in total. The summed E-state index contributed by atoms with van der Waals surface area (Å²) in [6.07, 6.45) is 2.35. The first-order chi connectivity index (χ1) is 5.08. The molecule has 7 heteroatoms. The number of aromatic nitrogens is 2. The molecule has 0 saturated carbocycles. The van der Waals surface area contributed by atoms with E-state index in [-0.39, 0.29) is 6.61 Å². The molecule has 0 aliphatic rings. The summed E-state index contributed by atoms with van der Waals surface area (Å²) in [5.41, 5.74) is 0. The Kier molecular flexibility index (Phi) is 2.53. The molecule has 1 heterocycles. The predicted molar refractivity (Wildman–Crippen MR) is 39.5 cm³/mol. The van der Waals surface area contributed by atoms with Crippen molar-refractivity contribution in [2.75, 3.05) is 6.26 Å². The zero-order chi connectivity index (χ0) is 8.32. The molecular formula is C4H6N2O3S2. The maximum Gasteiger partial charge on any atom is 0.264 e. The molecule has 0 unspecified atom stereocenters. The van der Waals surface area contributed by atoms with Crippen LogP contribution in [0.5, 0.6) is 0 Å². The molecule has 0 spiro atoms. The van der Waals surface area contributed by atoms with E-state index in [4.69, 9.17) is 0 Å². The van der Waals surface area contributed by atoms with Gasteiger partial charge in [-0.1, -0.05) is 0 Å². The van der Waals surface area contributed by atoms with Gasteiger partial charge in [-0.25, -0.2) is 4.98 Å². The standard InChI is InChI=1S/C4H6N2O3S2/c1-11(7,8)9-2-4-5-3-6-10-4/h3H,2H2,1H3. The maximum absolute atomic E-state index is 10.5. The SMILES string of the molecule is CS(=O)(=O)OCc1ncns1. The summed E-state index contributed by atoms with van der Waals surface area (Å²) >= 11 is 1.11. The van der Waals surface area contributed by atoms with Crippen molar-refractivity contribution in [2.45, 2.75) is 6.61 Å². The topological polar surface area (TPSA) is 69.2 Å². The molecule has 1 rings (SSSR count). The van der Waals surface area contributed by atoms with Crippen molar-refractivity contribution in [1.29, 1.82) is 0 Å². The third-order valence-electron chi connectivity index (χ3n) is 0.803. The van der Waals surface area contributed by atoms with Gasteiger partial charge in [0.2, 0.25) is 0 Å². The van der Waals surface area contributed by atoms with Gasteiger partial charge < -0.3 is 0 Å². The van der Waals surface area contributed by atoms with Crippen LogP contribution in [0.1, 0.15) is 5.01 Å². The second-order valence-corrected chi connectivity index (χ2v) is 4.31. The number of hydrogen-bond donors (Lipinski definition) is 0. The molecule has 0 saturated heterocycles. The van der Waals surface area contributed by atoms with E-state index < -0.39 is 10.1 Å². The Morgan fingerprint density at radius 3 is 2.91 bits per heavy atom. The molecule has 1 aromatic heterocycles. The lowest BCUT2D eigenvalue weighted by atomic mass is 10.8. The van der Waals surface area contributed by atoms with E-state index >= 15 is 0 Å². The molecule has 0 atom stereocenters. The third kappa shape index (κ3) is 3.40. The normalized spacial score (nSPS) is 11.7.